The quantitative estimate of drug-likeness (QED) is 0.568. The van der Waals surface area contributed by atoms with Gasteiger partial charge in [0.2, 0.25) is 0 Å². The monoisotopic (exact) mass is 164 g/mol. The van der Waals surface area contributed by atoms with Gasteiger partial charge in [0, 0.05) is 6.61 Å². The predicted molar refractivity (Wildman–Crippen MR) is 45.3 cm³/mol. The van der Waals surface area contributed by atoms with Crippen LogP contribution in [0.3, 0.4) is 0 Å². The minimum Gasteiger partial charge on any atom is -0.362 e. The first kappa shape index (κ1) is 10.2. The molecule has 0 N–H and O–H groups in total. The standard InChI is InChI=1S/C8H17ClO/c1-4-7(5-2)8(9)10-6-3/h7-8H,4-6H2,1-3H3. The molecule has 0 aromatic carbocycles. The first-order valence-electron chi connectivity index (χ1n) is 4.01. The fraction of sp³-hybridized carbons (Fsp3) is 1.00. The van der Waals surface area contributed by atoms with Gasteiger partial charge in [-0.3, -0.25) is 0 Å². The summed E-state index contributed by atoms with van der Waals surface area (Å²) in [5, 5.41) is 0. The number of ether oxygens (including phenoxy) is 1. The van der Waals surface area contributed by atoms with Crippen molar-refractivity contribution in [3.63, 3.8) is 0 Å². The molecule has 0 aliphatic carbocycles. The minimum absolute atomic E-state index is 0.0833. The molecule has 0 saturated heterocycles. The maximum atomic E-state index is 5.93. The molecule has 0 aliphatic heterocycles. The van der Waals surface area contributed by atoms with E-state index >= 15 is 0 Å². The van der Waals surface area contributed by atoms with Crippen LogP contribution < -0.4 is 0 Å². The van der Waals surface area contributed by atoms with Crippen molar-refractivity contribution in [3.8, 4) is 0 Å². The molecule has 0 heterocycles. The maximum Gasteiger partial charge on any atom is 0.133 e. The third-order valence-corrected chi connectivity index (χ3v) is 2.23. The molecule has 10 heavy (non-hydrogen) atoms. The summed E-state index contributed by atoms with van der Waals surface area (Å²) in [6, 6.07) is 0. The summed E-state index contributed by atoms with van der Waals surface area (Å²) >= 11 is 5.93. The Hall–Kier alpha value is 0.250. The molecule has 0 aromatic heterocycles. The molecule has 0 aliphatic rings. The van der Waals surface area contributed by atoms with Crippen molar-refractivity contribution in [1.82, 2.24) is 0 Å². The molecule has 0 spiro atoms. The summed E-state index contributed by atoms with van der Waals surface area (Å²) in [6.45, 7) is 6.97. The molecule has 0 saturated carbocycles. The lowest BCUT2D eigenvalue weighted by molar-refractivity contribution is 0.0745. The second kappa shape index (κ2) is 5.99. The SMILES string of the molecule is CCOC(Cl)C(CC)CC. The molecule has 1 unspecified atom stereocenters. The van der Waals surface area contributed by atoms with Gasteiger partial charge in [-0.2, -0.15) is 0 Å². The summed E-state index contributed by atoms with van der Waals surface area (Å²) in [6.07, 6.45) is 2.20. The maximum absolute atomic E-state index is 5.93. The van der Waals surface area contributed by atoms with Gasteiger partial charge < -0.3 is 4.74 Å². The van der Waals surface area contributed by atoms with E-state index in [0.29, 0.717) is 12.5 Å². The highest BCUT2D eigenvalue weighted by molar-refractivity contribution is 6.19. The number of hydrogen-bond donors (Lipinski definition) is 0. The minimum atomic E-state index is -0.0833. The molecular formula is C8H17ClO. The molecule has 0 rings (SSSR count). The molecule has 1 atom stereocenters. The smallest absolute Gasteiger partial charge is 0.133 e. The van der Waals surface area contributed by atoms with E-state index in [4.69, 9.17) is 16.3 Å². The lowest BCUT2D eigenvalue weighted by atomic mass is 10.1. The Balaban J connectivity index is 3.53. The predicted octanol–water partition coefficient (Wildman–Crippen LogP) is 3.02. The molecule has 0 bridgehead atoms. The summed E-state index contributed by atoms with van der Waals surface area (Å²) in [7, 11) is 0. The zero-order valence-corrected chi connectivity index (χ0v) is 7.82. The topological polar surface area (TPSA) is 9.23 Å². The van der Waals surface area contributed by atoms with Crippen molar-refractivity contribution in [2.45, 2.75) is 39.2 Å². The zero-order valence-electron chi connectivity index (χ0n) is 7.06. The van der Waals surface area contributed by atoms with Crippen LogP contribution in [0.5, 0.6) is 0 Å². The van der Waals surface area contributed by atoms with E-state index in [1.54, 1.807) is 0 Å². The number of hydrogen-bond acceptors (Lipinski definition) is 1. The highest BCUT2D eigenvalue weighted by Gasteiger charge is 2.14. The zero-order chi connectivity index (χ0) is 7.98. The van der Waals surface area contributed by atoms with Crippen molar-refractivity contribution >= 4 is 11.6 Å². The van der Waals surface area contributed by atoms with Gasteiger partial charge >= 0.3 is 0 Å². The molecule has 2 heteroatoms. The normalized spacial score (nSPS) is 14.1. The van der Waals surface area contributed by atoms with Gasteiger partial charge in [0.1, 0.15) is 5.56 Å². The van der Waals surface area contributed by atoms with Crippen LogP contribution >= 0.6 is 11.6 Å². The molecule has 0 radical (unpaired) electrons. The largest absolute Gasteiger partial charge is 0.362 e. The summed E-state index contributed by atoms with van der Waals surface area (Å²) in [5.41, 5.74) is -0.0833. The van der Waals surface area contributed by atoms with Gasteiger partial charge in [-0.15, -0.1) is 0 Å². The Kier molecular flexibility index (Phi) is 6.14. The van der Waals surface area contributed by atoms with Crippen LogP contribution in [0.2, 0.25) is 0 Å². The van der Waals surface area contributed by atoms with Crippen LogP contribution in [0.25, 0.3) is 0 Å². The highest BCUT2D eigenvalue weighted by atomic mass is 35.5. The van der Waals surface area contributed by atoms with Crippen molar-refractivity contribution in [2.75, 3.05) is 6.61 Å². The first-order chi connectivity index (χ1) is 4.76. The van der Waals surface area contributed by atoms with Crippen molar-refractivity contribution in [1.29, 1.82) is 0 Å². The van der Waals surface area contributed by atoms with E-state index in [1.165, 1.54) is 0 Å². The fourth-order valence-electron chi connectivity index (χ4n) is 0.955. The lowest BCUT2D eigenvalue weighted by Crippen LogP contribution is -2.16. The first-order valence-corrected chi connectivity index (χ1v) is 4.45. The summed E-state index contributed by atoms with van der Waals surface area (Å²) in [4.78, 5) is 0. The van der Waals surface area contributed by atoms with Crippen LogP contribution in [0, 0.1) is 5.92 Å². The van der Waals surface area contributed by atoms with Gasteiger partial charge in [-0.25, -0.2) is 0 Å². The Bertz CT molecular complexity index is 71.7. The molecule has 0 aromatic rings. The van der Waals surface area contributed by atoms with Gasteiger partial charge in [-0.1, -0.05) is 25.4 Å². The van der Waals surface area contributed by atoms with Gasteiger partial charge in [0.05, 0.1) is 0 Å². The van der Waals surface area contributed by atoms with E-state index in [-0.39, 0.29) is 5.56 Å². The molecule has 0 amide bonds. The third-order valence-electron chi connectivity index (χ3n) is 1.75. The van der Waals surface area contributed by atoms with E-state index in [0.717, 1.165) is 12.8 Å². The fourth-order valence-corrected chi connectivity index (χ4v) is 1.44. The van der Waals surface area contributed by atoms with Crippen molar-refractivity contribution < 1.29 is 4.74 Å². The Morgan fingerprint density at radius 1 is 1.20 bits per heavy atom. The average Bonchev–Trinajstić information content (AvgIpc) is 1.91. The van der Waals surface area contributed by atoms with E-state index in [1.807, 2.05) is 6.92 Å². The Labute approximate surface area is 68.7 Å². The van der Waals surface area contributed by atoms with Gasteiger partial charge in [0.25, 0.3) is 0 Å². The van der Waals surface area contributed by atoms with Crippen molar-refractivity contribution in [2.24, 2.45) is 5.92 Å². The molecule has 62 valence electrons. The van der Waals surface area contributed by atoms with Crippen LogP contribution in [0.15, 0.2) is 0 Å². The Morgan fingerprint density at radius 2 is 1.70 bits per heavy atom. The molecule has 1 nitrogen and oxygen atoms in total. The van der Waals surface area contributed by atoms with E-state index in [2.05, 4.69) is 13.8 Å². The lowest BCUT2D eigenvalue weighted by Gasteiger charge is -2.18. The van der Waals surface area contributed by atoms with Crippen LogP contribution in [0.4, 0.5) is 0 Å². The van der Waals surface area contributed by atoms with Crippen molar-refractivity contribution in [3.05, 3.63) is 0 Å². The number of alkyl halides is 1. The van der Waals surface area contributed by atoms with E-state index < -0.39 is 0 Å². The molecule has 0 fully saturated rings. The number of rotatable bonds is 5. The van der Waals surface area contributed by atoms with E-state index in [9.17, 15) is 0 Å². The van der Waals surface area contributed by atoms with Gasteiger partial charge in [0.15, 0.2) is 0 Å². The van der Waals surface area contributed by atoms with Crippen LogP contribution in [0.1, 0.15) is 33.6 Å². The average molecular weight is 165 g/mol. The number of halogens is 1. The second-order valence-electron chi connectivity index (χ2n) is 2.38. The third kappa shape index (κ3) is 3.43. The highest BCUT2D eigenvalue weighted by Crippen LogP contribution is 2.18. The van der Waals surface area contributed by atoms with Gasteiger partial charge in [-0.05, 0) is 25.7 Å². The molecular weight excluding hydrogens is 148 g/mol. The summed E-state index contributed by atoms with van der Waals surface area (Å²) in [5.74, 6) is 0.515. The summed E-state index contributed by atoms with van der Waals surface area (Å²) < 4.78 is 5.25. The van der Waals surface area contributed by atoms with Crippen LogP contribution in [-0.4, -0.2) is 12.2 Å². The second-order valence-corrected chi connectivity index (χ2v) is 2.81. The van der Waals surface area contributed by atoms with Crippen LogP contribution in [-0.2, 0) is 4.74 Å². The Morgan fingerprint density at radius 3 is 2.00 bits per heavy atom.